The van der Waals surface area contributed by atoms with E-state index in [2.05, 4.69) is 21.3 Å². The number of carbonyl (C=O) groups is 5. The van der Waals surface area contributed by atoms with Gasteiger partial charge in [-0.1, -0.05) is 34.6 Å². The molecule has 3 fully saturated rings. The van der Waals surface area contributed by atoms with Crippen LogP contribution in [0.5, 0.6) is 0 Å². The number of amides is 4. The molecule has 0 saturated carbocycles. The summed E-state index contributed by atoms with van der Waals surface area (Å²) in [5.41, 5.74) is -1.88. The summed E-state index contributed by atoms with van der Waals surface area (Å²) in [6.45, 7) is 7.12. The smallest absolute Gasteiger partial charge is 0.330 e. The van der Waals surface area contributed by atoms with Crippen molar-refractivity contribution < 1.29 is 112 Å². The first-order chi connectivity index (χ1) is 37.9. The molecule has 28 heteroatoms. The van der Waals surface area contributed by atoms with Crippen LogP contribution in [-0.2, 0) is 61.5 Å². The molecule has 3 aliphatic rings. The molecule has 4 amide bonds. The molecular formula is C52H95N4O23P. The summed E-state index contributed by atoms with van der Waals surface area (Å²) in [5.74, 6) is -3.72. The highest BCUT2D eigenvalue weighted by molar-refractivity contribution is 7.53. The van der Waals surface area contributed by atoms with Crippen molar-refractivity contribution in [3.63, 3.8) is 0 Å². The summed E-state index contributed by atoms with van der Waals surface area (Å²) < 4.78 is 51.3. The third-order valence-electron chi connectivity index (χ3n) is 14.9. The number of unbranched alkanes of at least 4 members (excludes halogenated alkanes) is 1. The molecule has 3 aliphatic heterocycles. The molecule has 80 heavy (non-hydrogen) atoms. The molecule has 3 rings (SSSR count). The fourth-order valence-electron chi connectivity index (χ4n) is 9.30. The Kier molecular flexibility index (Phi) is 32.8. The standard InChI is InChI=1S/C52H95N4O23P/c1-31(2)80(71,72)76-27-11-23-53-39(61)13-8-14-42(64)56-52(18-15-35(60)12-6-7-24-73-49-32(3)43(65)46(68)36(28-57)77-49,19-16-40(62)54-21-9-25-74-50-33(4)44(66)47(69)37(29-58)78-50)20-17-41(63)55-22-10-26-75-51-34(5)45(67)48(70)38(30-59)79-51/h31-34,36-38,43-51,57-59,65-70H,6-30H2,1-5H3,(H,53,61)(H,54,62)(H,55,63)(H,56,64)(H,71,72)/t32-,33-,34-,36?,37?,38?,43?,44?,45?,46-,47-,48-,49+,50+,51+,52?/m0/s1. The van der Waals surface area contributed by atoms with Gasteiger partial charge in [-0.05, 0) is 57.8 Å². The van der Waals surface area contributed by atoms with Crippen LogP contribution in [0.1, 0.15) is 131 Å². The summed E-state index contributed by atoms with van der Waals surface area (Å²) in [5, 5.41) is 102. The molecule has 14 N–H and O–H groups in total. The molecule has 7 unspecified atom stereocenters. The number of hydrogen-bond donors (Lipinski definition) is 14. The highest BCUT2D eigenvalue weighted by Crippen LogP contribution is 2.47. The SMILES string of the molecule is CC(C)P(=O)(O)OCCCNC(=O)CCCC(=O)NC(CCC(=O)CCCCO[C@@H]1OC(CO)[C@H](O)C(O)[C@@H]1C)(CCC(=O)NCCCO[C@@H]1OC(CO)[C@H](O)C(O)[C@@H]1C)CCC(=O)NCCCO[C@@H]1OC(CO)[C@H](O)C(O)[C@@H]1C. The molecule has 466 valence electrons. The Morgan fingerprint density at radius 1 is 0.487 bits per heavy atom. The van der Waals surface area contributed by atoms with E-state index >= 15 is 0 Å². The van der Waals surface area contributed by atoms with Gasteiger partial charge in [-0.15, -0.1) is 0 Å². The van der Waals surface area contributed by atoms with Crippen molar-refractivity contribution in [3.8, 4) is 0 Å². The Morgan fingerprint density at radius 2 is 0.850 bits per heavy atom. The van der Waals surface area contributed by atoms with E-state index in [-0.39, 0.29) is 128 Å². The van der Waals surface area contributed by atoms with E-state index in [0.29, 0.717) is 25.7 Å². The van der Waals surface area contributed by atoms with Crippen LogP contribution in [0.15, 0.2) is 0 Å². The van der Waals surface area contributed by atoms with Crippen molar-refractivity contribution in [1.82, 2.24) is 21.3 Å². The Hall–Kier alpha value is -2.90. The largest absolute Gasteiger partial charge is 0.394 e. The van der Waals surface area contributed by atoms with Crippen molar-refractivity contribution in [3.05, 3.63) is 0 Å². The zero-order valence-electron chi connectivity index (χ0n) is 47.1. The van der Waals surface area contributed by atoms with Gasteiger partial charge in [-0.25, -0.2) is 0 Å². The summed E-state index contributed by atoms with van der Waals surface area (Å²) in [6.07, 6.45) is -12.0. The maximum absolute atomic E-state index is 13.9. The van der Waals surface area contributed by atoms with E-state index in [0.717, 1.165) is 0 Å². The van der Waals surface area contributed by atoms with Crippen LogP contribution in [0.25, 0.3) is 0 Å². The number of aliphatic hydroxyl groups excluding tert-OH is 9. The van der Waals surface area contributed by atoms with E-state index in [9.17, 15) is 79.4 Å². The number of rotatable bonds is 39. The monoisotopic (exact) mass is 1170 g/mol. The molecule has 0 aromatic rings. The summed E-state index contributed by atoms with van der Waals surface area (Å²) in [7, 11) is -3.77. The number of ketones is 1. The molecule has 0 aromatic heterocycles. The lowest BCUT2D eigenvalue weighted by molar-refractivity contribution is -0.282. The topological polar surface area (TPSA) is 417 Å². The minimum absolute atomic E-state index is 0.0104. The number of ether oxygens (including phenoxy) is 6. The van der Waals surface area contributed by atoms with Crippen LogP contribution >= 0.6 is 7.60 Å². The van der Waals surface area contributed by atoms with Crippen LogP contribution in [-0.4, -0.2) is 231 Å². The fourth-order valence-corrected chi connectivity index (χ4v) is 9.99. The van der Waals surface area contributed by atoms with Gasteiger partial charge in [0.2, 0.25) is 23.6 Å². The van der Waals surface area contributed by atoms with Crippen LogP contribution in [0.3, 0.4) is 0 Å². The highest BCUT2D eigenvalue weighted by Gasteiger charge is 2.45. The average molecular weight is 1180 g/mol. The lowest BCUT2D eigenvalue weighted by Gasteiger charge is -2.40. The molecule has 0 bridgehead atoms. The molecule has 0 aliphatic carbocycles. The van der Waals surface area contributed by atoms with E-state index < -0.39 is 148 Å². The highest BCUT2D eigenvalue weighted by atomic mass is 31.2. The first-order valence-electron chi connectivity index (χ1n) is 28.2. The Bertz CT molecular complexity index is 1740. The summed E-state index contributed by atoms with van der Waals surface area (Å²) in [6, 6.07) is 0. The van der Waals surface area contributed by atoms with E-state index in [1.165, 1.54) is 0 Å². The normalized spacial score (nSPS) is 30.5. The molecule has 16 atom stereocenters. The molecule has 0 radical (unpaired) electrons. The first kappa shape index (κ1) is 71.4. The second-order valence-corrected chi connectivity index (χ2v) is 24.0. The lowest BCUT2D eigenvalue weighted by atomic mass is 9.82. The van der Waals surface area contributed by atoms with E-state index in [4.69, 9.17) is 32.9 Å². The molecule has 0 aromatic carbocycles. The van der Waals surface area contributed by atoms with Crippen molar-refractivity contribution in [2.45, 2.75) is 216 Å². The predicted molar refractivity (Wildman–Crippen MR) is 284 cm³/mol. The number of Topliss-reactive ketones (excluding diaryl/α,β-unsaturated/α-hetero) is 1. The number of hydrogen-bond acceptors (Lipinski definition) is 22. The van der Waals surface area contributed by atoms with Gasteiger partial charge in [0.05, 0.1) is 63.6 Å². The number of nitrogens with one attached hydrogen (secondary N) is 4. The Morgan fingerprint density at radius 3 is 1.25 bits per heavy atom. The van der Waals surface area contributed by atoms with Crippen LogP contribution in [0, 0.1) is 17.8 Å². The quantitative estimate of drug-likeness (QED) is 0.0246. The molecule has 3 saturated heterocycles. The van der Waals surface area contributed by atoms with E-state index in [1.807, 2.05) is 0 Å². The van der Waals surface area contributed by atoms with Gasteiger partial charge < -0.3 is 105 Å². The lowest BCUT2D eigenvalue weighted by Crippen LogP contribution is -2.55. The second kappa shape index (κ2) is 36.7. The fraction of sp³-hybridized carbons (Fsp3) is 0.904. The summed E-state index contributed by atoms with van der Waals surface area (Å²) in [4.78, 5) is 76.9. The minimum Gasteiger partial charge on any atom is -0.394 e. The van der Waals surface area contributed by atoms with Gasteiger partial charge in [-0.2, -0.15) is 0 Å². The van der Waals surface area contributed by atoms with Crippen LogP contribution in [0.2, 0.25) is 0 Å². The molecule has 27 nitrogen and oxygen atoms in total. The number of carbonyl (C=O) groups excluding carboxylic acids is 5. The van der Waals surface area contributed by atoms with E-state index in [1.54, 1.807) is 34.6 Å². The van der Waals surface area contributed by atoms with Gasteiger partial charge in [0.1, 0.15) is 42.4 Å². The molecule has 0 spiro atoms. The second-order valence-electron chi connectivity index (χ2n) is 21.6. The maximum atomic E-state index is 13.9. The van der Waals surface area contributed by atoms with Crippen molar-refractivity contribution >= 4 is 37.0 Å². The van der Waals surface area contributed by atoms with Gasteiger partial charge in [0.25, 0.3) is 0 Å². The van der Waals surface area contributed by atoms with Crippen LogP contribution in [0.4, 0.5) is 0 Å². The number of aliphatic hydroxyl groups is 9. The van der Waals surface area contributed by atoms with Crippen molar-refractivity contribution in [2.24, 2.45) is 17.8 Å². The maximum Gasteiger partial charge on any atom is 0.330 e. The predicted octanol–water partition coefficient (Wildman–Crippen LogP) is -1.50. The minimum atomic E-state index is -3.77. The zero-order chi connectivity index (χ0) is 59.6. The molecular weight excluding hydrogens is 1080 g/mol. The third-order valence-corrected chi connectivity index (χ3v) is 16.7. The van der Waals surface area contributed by atoms with Crippen molar-refractivity contribution in [1.29, 1.82) is 0 Å². The van der Waals surface area contributed by atoms with Gasteiger partial charge in [0.15, 0.2) is 18.9 Å². The average Bonchev–Trinajstić information content (AvgIpc) is 3.48. The van der Waals surface area contributed by atoms with Crippen molar-refractivity contribution in [2.75, 3.05) is 65.9 Å². The van der Waals surface area contributed by atoms with Crippen LogP contribution < -0.4 is 21.3 Å². The first-order valence-corrected chi connectivity index (χ1v) is 29.9. The Labute approximate surface area is 469 Å². The molecule has 3 heterocycles. The van der Waals surface area contributed by atoms with Gasteiger partial charge in [-0.3, -0.25) is 28.5 Å². The summed E-state index contributed by atoms with van der Waals surface area (Å²) >= 11 is 0. The Balaban J connectivity index is 1.69. The third kappa shape index (κ3) is 24.0. The van der Waals surface area contributed by atoms with Gasteiger partial charge >= 0.3 is 7.60 Å². The zero-order valence-corrected chi connectivity index (χ0v) is 48.0. The van der Waals surface area contributed by atoms with Gasteiger partial charge in [0, 0.05) is 88.1 Å².